The minimum Gasteiger partial charge on any atom is -0.488 e. The normalized spacial score (nSPS) is 26.0. The molecule has 1 N–H and O–H groups in total. The first-order valence-electron chi connectivity index (χ1n) is 10.6. The van der Waals surface area contributed by atoms with Crippen LogP contribution in [0.3, 0.4) is 0 Å². The maximum absolute atomic E-state index is 11.6. The van der Waals surface area contributed by atoms with Gasteiger partial charge in [-0.25, -0.2) is 14.3 Å². The van der Waals surface area contributed by atoms with Gasteiger partial charge in [0.25, 0.3) is 0 Å². The van der Waals surface area contributed by atoms with E-state index < -0.39 is 6.10 Å². The molecule has 4 atom stereocenters. The lowest BCUT2D eigenvalue weighted by Gasteiger charge is -2.35. The third-order valence-corrected chi connectivity index (χ3v) is 6.47. The molecule has 5 rings (SSSR count). The van der Waals surface area contributed by atoms with Crippen LogP contribution in [0.1, 0.15) is 28.8 Å². The number of hydrogen-bond acceptors (Lipinski definition) is 7. The number of aliphatic hydroxyl groups excluding tert-OH is 1. The molecule has 1 aromatic carbocycles. The van der Waals surface area contributed by atoms with Crippen molar-refractivity contribution in [3.8, 4) is 5.75 Å². The molecular weight excluding hydrogens is 396 g/mol. The number of carbonyl (C=O) groups excluding carboxylic acids is 1. The van der Waals surface area contributed by atoms with Gasteiger partial charge in [-0.1, -0.05) is 0 Å². The fourth-order valence-corrected chi connectivity index (χ4v) is 4.92. The van der Waals surface area contributed by atoms with Crippen LogP contribution in [-0.2, 0) is 11.3 Å². The summed E-state index contributed by atoms with van der Waals surface area (Å²) >= 11 is 0. The molecule has 8 nitrogen and oxygen atoms in total. The molecule has 3 heterocycles. The largest absolute Gasteiger partial charge is 0.488 e. The van der Waals surface area contributed by atoms with Crippen molar-refractivity contribution in [1.29, 1.82) is 0 Å². The van der Waals surface area contributed by atoms with Crippen LogP contribution in [0.4, 0.5) is 0 Å². The molecule has 8 heteroatoms. The second kappa shape index (κ2) is 8.28. The summed E-state index contributed by atoms with van der Waals surface area (Å²) < 4.78 is 12.6. The molecule has 0 bridgehead atoms. The highest BCUT2D eigenvalue weighted by Crippen LogP contribution is 2.38. The van der Waals surface area contributed by atoms with Crippen LogP contribution in [0.15, 0.2) is 48.9 Å². The number of hydrogen-bond donors (Lipinski definition) is 1. The van der Waals surface area contributed by atoms with Gasteiger partial charge in [0.2, 0.25) is 0 Å². The van der Waals surface area contributed by atoms with Crippen molar-refractivity contribution >= 4 is 11.6 Å². The smallest absolute Gasteiger partial charge is 0.337 e. The number of rotatable bonds is 5. The average Bonchev–Trinajstić information content (AvgIpc) is 3.39. The van der Waals surface area contributed by atoms with Crippen molar-refractivity contribution in [2.45, 2.75) is 31.6 Å². The van der Waals surface area contributed by atoms with Gasteiger partial charge in [-0.2, -0.15) is 5.10 Å². The Morgan fingerprint density at radius 3 is 2.71 bits per heavy atom. The number of benzene rings is 1. The van der Waals surface area contributed by atoms with E-state index >= 15 is 0 Å². The molecule has 162 valence electrons. The molecule has 1 aliphatic heterocycles. The third-order valence-electron chi connectivity index (χ3n) is 6.47. The second-order valence-corrected chi connectivity index (χ2v) is 8.52. The van der Waals surface area contributed by atoms with E-state index in [1.807, 2.05) is 6.20 Å². The molecule has 2 aliphatic rings. The number of nitrogens with zero attached hydrogens (tertiary/aromatic N) is 4. The van der Waals surface area contributed by atoms with Gasteiger partial charge in [-0.15, -0.1) is 0 Å². The quantitative estimate of drug-likeness (QED) is 0.631. The van der Waals surface area contributed by atoms with Crippen molar-refractivity contribution in [3.63, 3.8) is 0 Å². The van der Waals surface area contributed by atoms with Gasteiger partial charge in [0, 0.05) is 25.8 Å². The van der Waals surface area contributed by atoms with Gasteiger partial charge < -0.3 is 14.6 Å². The van der Waals surface area contributed by atoms with E-state index in [0.717, 1.165) is 38.1 Å². The summed E-state index contributed by atoms with van der Waals surface area (Å²) in [5.41, 5.74) is 2.56. The van der Waals surface area contributed by atoms with E-state index in [1.165, 1.54) is 12.7 Å². The van der Waals surface area contributed by atoms with E-state index in [0.29, 0.717) is 23.1 Å². The summed E-state index contributed by atoms with van der Waals surface area (Å²) in [6, 6.07) is 11.0. The fraction of sp³-hybridized carbons (Fsp3) is 0.435. The lowest BCUT2D eigenvalue weighted by atomic mass is 9.78. The lowest BCUT2D eigenvalue weighted by molar-refractivity contribution is -0.0231. The van der Waals surface area contributed by atoms with Crippen LogP contribution in [0.2, 0.25) is 0 Å². The van der Waals surface area contributed by atoms with Crippen LogP contribution in [0.5, 0.6) is 5.75 Å². The second-order valence-electron chi connectivity index (χ2n) is 8.52. The summed E-state index contributed by atoms with van der Waals surface area (Å²) in [6.07, 6.45) is 4.35. The Labute approximate surface area is 180 Å². The van der Waals surface area contributed by atoms with Crippen molar-refractivity contribution in [2.24, 2.45) is 11.8 Å². The first-order chi connectivity index (χ1) is 15.1. The maximum Gasteiger partial charge on any atom is 0.337 e. The van der Waals surface area contributed by atoms with E-state index in [2.05, 4.69) is 27.1 Å². The molecule has 0 unspecified atom stereocenters. The molecule has 0 amide bonds. The Balaban J connectivity index is 1.20. The number of carbonyl (C=O) groups is 1. The molecular formula is C23H26N4O4. The van der Waals surface area contributed by atoms with Gasteiger partial charge in [-0.3, -0.25) is 4.90 Å². The van der Waals surface area contributed by atoms with E-state index in [-0.39, 0.29) is 12.1 Å². The molecule has 1 saturated heterocycles. The monoisotopic (exact) mass is 422 g/mol. The molecule has 2 aromatic heterocycles. The molecule has 2 fully saturated rings. The average molecular weight is 422 g/mol. The fourth-order valence-electron chi connectivity index (χ4n) is 4.92. The Kier molecular flexibility index (Phi) is 5.33. The predicted molar refractivity (Wildman–Crippen MR) is 113 cm³/mol. The summed E-state index contributed by atoms with van der Waals surface area (Å²) in [5, 5.41) is 14.8. The van der Waals surface area contributed by atoms with E-state index in [4.69, 9.17) is 9.47 Å². The van der Waals surface area contributed by atoms with Crippen LogP contribution in [0.25, 0.3) is 5.65 Å². The highest BCUT2D eigenvalue weighted by atomic mass is 16.5. The molecule has 31 heavy (non-hydrogen) atoms. The highest BCUT2D eigenvalue weighted by Gasteiger charge is 2.42. The number of esters is 1. The van der Waals surface area contributed by atoms with Gasteiger partial charge in [-0.05, 0) is 66.6 Å². The SMILES string of the molecule is COC(=O)c1ccc(O[C@@H]2C[C@@H]3CN(Cc4ccn5ncnc5c4)C[C@@H]3C[C@H]2O)cc1. The van der Waals surface area contributed by atoms with Crippen molar-refractivity contribution in [3.05, 3.63) is 60.0 Å². The Morgan fingerprint density at radius 1 is 1.16 bits per heavy atom. The maximum atomic E-state index is 11.6. The zero-order valence-corrected chi connectivity index (χ0v) is 17.4. The Morgan fingerprint density at radius 2 is 1.94 bits per heavy atom. The summed E-state index contributed by atoms with van der Waals surface area (Å²) in [5.74, 6) is 1.26. The van der Waals surface area contributed by atoms with Crippen molar-refractivity contribution in [1.82, 2.24) is 19.5 Å². The number of aliphatic hydroxyl groups is 1. The summed E-state index contributed by atoms with van der Waals surface area (Å²) in [6.45, 7) is 2.85. The zero-order valence-electron chi connectivity index (χ0n) is 17.4. The van der Waals surface area contributed by atoms with Crippen LogP contribution in [-0.4, -0.2) is 63.0 Å². The standard InChI is InChI=1S/C23H26N4O4/c1-30-23(29)16-2-4-19(5-3-16)31-21-10-18-13-26(12-17(18)9-20(21)28)11-15-6-7-27-22(8-15)24-14-25-27/h2-8,14,17-18,20-21,28H,9-13H2,1H3/t17-,18+,20+,21+/m0/s1. The molecule has 3 aromatic rings. The number of ether oxygens (including phenoxy) is 2. The van der Waals surface area contributed by atoms with Crippen LogP contribution < -0.4 is 4.74 Å². The molecule has 1 saturated carbocycles. The Bertz CT molecular complexity index is 1070. The van der Waals surface area contributed by atoms with Gasteiger partial charge in [0.1, 0.15) is 18.2 Å². The summed E-state index contributed by atoms with van der Waals surface area (Å²) in [4.78, 5) is 18.3. The topological polar surface area (TPSA) is 89.2 Å². The predicted octanol–water partition coefficient (Wildman–Crippen LogP) is 2.17. The summed E-state index contributed by atoms with van der Waals surface area (Å²) in [7, 11) is 1.36. The van der Waals surface area contributed by atoms with Gasteiger partial charge >= 0.3 is 5.97 Å². The third kappa shape index (κ3) is 4.13. The first-order valence-corrected chi connectivity index (χ1v) is 10.6. The molecule has 0 radical (unpaired) electrons. The van der Waals surface area contributed by atoms with Gasteiger partial charge in [0.05, 0.1) is 18.8 Å². The minimum atomic E-state index is -0.492. The minimum absolute atomic E-state index is 0.238. The number of aromatic nitrogens is 3. The Hall–Kier alpha value is -2.97. The molecule has 1 aliphatic carbocycles. The van der Waals surface area contributed by atoms with Crippen molar-refractivity contribution < 1.29 is 19.4 Å². The van der Waals surface area contributed by atoms with Crippen LogP contribution >= 0.6 is 0 Å². The van der Waals surface area contributed by atoms with E-state index in [9.17, 15) is 9.90 Å². The van der Waals surface area contributed by atoms with E-state index in [1.54, 1.807) is 35.1 Å². The zero-order chi connectivity index (χ0) is 21.4. The number of fused-ring (bicyclic) bond motifs is 2. The first kappa shape index (κ1) is 20.0. The highest BCUT2D eigenvalue weighted by molar-refractivity contribution is 5.89. The number of pyridine rings is 1. The lowest BCUT2D eigenvalue weighted by Crippen LogP contribution is -2.42. The molecule has 0 spiro atoms. The van der Waals surface area contributed by atoms with Crippen LogP contribution in [0, 0.1) is 11.8 Å². The number of likely N-dealkylation sites (tertiary alicyclic amines) is 1. The van der Waals surface area contributed by atoms with Crippen molar-refractivity contribution in [2.75, 3.05) is 20.2 Å². The van der Waals surface area contributed by atoms with Gasteiger partial charge in [0.15, 0.2) is 5.65 Å². The number of methoxy groups -OCH3 is 1.